The molecule has 1 fully saturated rings. The average Bonchev–Trinajstić information content (AvgIpc) is 2.16. The number of hydrogen-bond donors (Lipinski definition) is 3. The van der Waals surface area contributed by atoms with E-state index in [4.69, 9.17) is 5.11 Å². The summed E-state index contributed by atoms with van der Waals surface area (Å²) < 4.78 is 0.718. The number of rotatable bonds is 3. The molecule has 1 aliphatic rings. The molecule has 1 aliphatic carbocycles. The van der Waals surface area contributed by atoms with Gasteiger partial charge in [0.2, 0.25) is 0 Å². The highest BCUT2D eigenvalue weighted by molar-refractivity contribution is 9.10. The van der Waals surface area contributed by atoms with Crippen molar-refractivity contribution in [3.05, 3.63) is 28.2 Å². The van der Waals surface area contributed by atoms with Gasteiger partial charge in [-0.15, -0.1) is 0 Å². The summed E-state index contributed by atoms with van der Waals surface area (Å²) in [6.45, 7) is 0.774. The smallest absolute Gasteiger partial charge is 0.129 e. The Morgan fingerprint density at radius 1 is 1.40 bits per heavy atom. The summed E-state index contributed by atoms with van der Waals surface area (Å²) >= 11 is 3.28. The second kappa shape index (κ2) is 4.51. The van der Waals surface area contributed by atoms with E-state index in [1.54, 1.807) is 6.07 Å². The molecule has 2 rings (SSSR count). The summed E-state index contributed by atoms with van der Waals surface area (Å²) in [5.41, 5.74) is 1.13. The molecule has 4 heteroatoms. The van der Waals surface area contributed by atoms with E-state index in [1.165, 1.54) is 0 Å². The van der Waals surface area contributed by atoms with Crippen LogP contribution in [-0.4, -0.2) is 22.4 Å². The predicted molar refractivity (Wildman–Crippen MR) is 61.7 cm³/mol. The second-order valence-electron chi connectivity index (χ2n) is 3.99. The van der Waals surface area contributed by atoms with Crippen molar-refractivity contribution >= 4 is 15.9 Å². The SMILES string of the molecule is Oc1ccc(CNC2CC(O)C2)cc1Br. The Hall–Kier alpha value is -0.580. The van der Waals surface area contributed by atoms with Crippen LogP contribution in [0.5, 0.6) is 5.75 Å². The summed E-state index contributed by atoms with van der Waals surface area (Å²) in [4.78, 5) is 0. The lowest BCUT2D eigenvalue weighted by atomic mass is 9.89. The molecular formula is C11H14BrNO2. The Kier molecular flexibility index (Phi) is 3.29. The highest BCUT2D eigenvalue weighted by atomic mass is 79.9. The fourth-order valence-corrected chi connectivity index (χ4v) is 2.10. The van der Waals surface area contributed by atoms with Gasteiger partial charge in [0.25, 0.3) is 0 Å². The van der Waals surface area contributed by atoms with Crippen LogP contribution in [0.3, 0.4) is 0 Å². The lowest BCUT2D eigenvalue weighted by Gasteiger charge is -2.32. The van der Waals surface area contributed by atoms with E-state index >= 15 is 0 Å². The molecule has 3 N–H and O–H groups in total. The van der Waals surface area contributed by atoms with Crippen molar-refractivity contribution in [2.75, 3.05) is 0 Å². The zero-order chi connectivity index (χ0) is 10.8. The van der Waals surface area contributed by atoms with E-state index in [2.05, 4.69) is 21.2 Å². The molecule has 0 atom stereocenters. The number of aliphatic hydroxyl groups excluding tert-OH is 1. The molecule has 0 aromatic heterocycles. The number of phenolic OH excluding ortho intramolecular Hbond substituents is 1. The van der Waals surface area contributed by atoms with E-state index in [0.29, 0.717) is 6.04 Å². The summed E-state index contributed by atoms with van der Waals surface area (Å²) in [5.74, 6) is 0.262. The van der Waals surface area contributed by atoms with Crippen LogP contribution in [0, 0.1) is 0 Å². The van der Waals surface area contributed by atoms with Crippen LogP contribution in [0.1, 0.15) is 18.4 Å². The Bertz CT molecular complexity index is 350. The van der Waals surface area contributed by atoms with Crippen molar-refractivity contribution < 1.29 is 10.2 Å². The number of halogens is 1. The van der Waals surface area contributed by atoms with Crippen molar-refractivity contribution in [2.24, 2.45) is 0 Å². The van der Waals surface area contributed by atoms with Crippen molar-refractivity contribution in [1.29, 1.82) is 0 Å². The summed E-state index contributed by atoms with van der Waals surface area (Å²) in [7, 11) is 0. The minimum atomic E-state index is -0.117. The number of aliphatic hydroxyl groups is 1. The molecule has 0 aliphatic heterocycles. The molecule has 0 spiro atoms. The third-order valence-electron chi connectivity index (χ3n) is 2.72. The first-order valence-corrected chi connectivity index (χ1v) is 5.83. The molecule has 1 saturated carbocycles. The molecular weight excluding hydrogens is 258 g/mol. The van der Waals surface area contributed by atoms with Gasteiger partial charge in [0, 0.05) is 12.6 Å². The van der Waals surface area contributed by atoms with Crippen LogP contribution in [0.2, 0.25) is 0 Å². The van der Waals surface area contributed by atoms with Gasteiger partial charge in [-0.3, -0.25) is 0 Å². The molecule has 0 heterocycles. The Labute approximate surface area is 97.3 Å². The molecule has 0 unspecified atom stereocenters. The standard InChI is InChI=1S/C11H14BrNO2/c12-10-3-7(1-2-11(10)15)6-13-8-4-9(14)5-8/h1-3,8-9,13-15H,4-6H2. The molecule has 0 saturated heterocycles. The fourth-order valence-electron chi connectivity index (χ4n) is 1.68. The molecule has 15 heavy (non-hydrogen) atoms. The van der Waals surface area contributed by atoms with Crippen molar-refractivity contribution in [3.8, 4) is 5.75 Å². The zero-order valence-corrected chi connectivity index (χ0v) is 9.87. The largest absolute Gasteiger partial charge is 0.507 e. The first-order valence-electron chi connectivity index (χ1n) is 5.04. The van der Waals surface area contributed by atoms with Crippen LogP contribution >= 0.6 is 15.9 Å². The van der Waals surface area contributed by atoms with E-state index in [1.807, 2.05) is 12.1 Å². The maximum absolute atomic E-state index is 9.31. The van der Waals surface area contributed by atoms with Gasteiger partial charge in [-0.2, -0.15) is 0 Å². The first kappa shape index (κ1) is 10.9. The van der Waals surface area contributed by atoms with Gasteiger partial charge in [-0.25, -0.2) is 0 Å². The van der Waals surface area contributed by atoms with Crippen molar-refractivity contribution in [1.82, 2.24) is 5.32 Å². The number of hydrogen-bond acceptors (Lipinski definition) is 3. The number of nitrogens with one attached hydrogen (secondary N) is 1. The van der Waals surface area contributed by atoms with Gasteiger partial charge in [-0.05, 0) is 46.5 Å². The first-order chi connectivity index (χ1) is 7.15. The summed E-state index contributed by atoms with van der Waals surface area (Å²) in [5, 5.41) is 21.8. The summed E-state index contributed by atoms with van der Waals surface area (Å²) in [6.07, 6.45) is 1.58. The van der Waals surface area contributed by atoms with Crippen LogP contribution < -0.4 is 5.32 Å². The molecule has 1 aromatic rings. The Morgan fingerprint density at radius 3 is 2.73 bits per heavy atom. The van der Waals surface area contributed by atoms with Gasteiger partial charge in [0.05, 0.1) is 10.6 Å². The van der Waals surface area contributed by atoms with Gasteiger partial charge in [0.1, 0.15) is 5.75 Å². The minimum Gasteiger partial charge on any atom is -0.507 e. The van der Waals surface area contributed by atoms with E-state index < -0.39 is 0 Å². The van der Waals surface area contributed by atoms with Gasteiger partial charge in [0.15, 0.2) is 0 Å². The predicted octanol–water partition coefficient (Wildman–Crippen LogP) is 1.77. The van der Waals surface area contributed by atoms with Crippen LogP contribution in [-0.2, 0) is 6.54 Å². The third-order valence-corrected chi connectivity index (χ3v) is 3.36. The van der Waals surface area contributed by atoms with Crippen molar-refractivity contribution in [2.45, 2.75) is 31.5 Å². The van der Waals surface area contributed by atoms with Gasteiger partial charge in [-0.1, -0.05) is 6.07 Å². The van der Waals surface area contributed by atoms with Crippen LogP contribution in [0.25, 0.3) is 0 Å². The zero-order valence-electron chi connectivity index (χ0n) is 8.28. The third kappa shape index (κ3) is 2.71. The lowest BCUT2D eigenvalue weighted by Crippen LogP contribution is -2.43. The second-order valence-corrected chi connectivity index (χ2v) is 4.84. The molecule has 0 bridgehead atoms. The van der Waals surface area contributed by atoms with Crippen molar-refractivity contribution in [3.63, 3.8) is 0 Å². The molecule has 1 aromatic carbocycles. The molecule has 82 valence electrons. The van der Waals surface area contributed by atoms with E-state index in [9.17, 15) is 5.11 Å². The molecule has 3 nitrogen and oxygen atoms in total. The van der Waals surface area contributed by atoms with E-state index in [0.717, 1.165) is 29.4 Å². The molecule has 0 amide bonds. The Morgan fingerprint density at radius 2 is 2.13 bits per heavy atom. The topological polar surface area (TPSA) is 52.5 Å². The maximum atomic E-state index is 9.31. The number of phenols is 1. The minimum absolute atomic E-state index is 0.117. The Balaban J connectivity index is 1.86. The average molecular weight is 272 g/mol. The van der Waals surface area contributed by atoms with Crippen LogP contribution in [0.15, 0.2) is 22.7 Å². The van der Waals surface area contributed by atoms with Gasteiger partial charge >= 0.3 is 0 Å². The highest BCUT2D eigenvalue weighted by Gasteiger charge is 2.26. The highest BCUT2D eigenvalue weighted by Crippen LogP contribution is 2.25. The van der Waals surface area contributed by atoms with Gasteiger partial charge < -0.3 is 15.5 Å². The number of aromatic hydroxyl groups is 1. The number of benzene rings is 1. The van der Waals surface area contributed by atoms with Crippen LogP contribution in [0.4, 0.5) is 0 Å². The normalized spacial score (nSPS) is 24.9. The summed E-state index contributed by atoms with van der Waals surface area (Å²) in [6, 6.07) is 5.91. The monoisotopic (exact) mass is 271 g/mol. The maximum Gasteiger partial charge on any atom is 0.129 e. The quantitative estimate of drug-likeness (QED) is 0.786. The molecule has 0 radical (unpaired) electrons. The fraction of sp³-hybridized carbons (Fsp3) is 0.455. The van der Waals surface area contributed by atoms with E-state index in [-0.39, 0.29) is 11.9 Å². The lowest BCUT2D eigenvalue weighted by molar-refractivity contribution is 0.0619.